The molecule has 0 aromatic heterocycles. The molecule has 43 atom stereocenters. The van der Waals surface area contributed by atoms with E-state index in [1.54, 1.807) is 0 Å². The number of carbonyl (C=O) groups is 2. The van der Waals surface area contributed by atoms with Crippen LogP contribution in [0.3, 0.4) is 0 Å². The lowest BCUT2D eigenvalue weighted by Gasteiger charge is -2.51. The van der Waals surface area contributed by atoms with Gasteiger partial charge < -0.3 is 209 Å². The molecule has 8 rings (SSSR count). The van der Waals surface area contributed by atoms with E-state index in [0.29, 0.717) is 12.8 Å². The SMILES string of the molecule is CC(=O)N[C@H]1[C@H](O[C@H]2[C@H](O)[C@@H](NC(C)=O)[C@@H](OP(=O)(O)OP(=O)(O)OCCC(C)CC/C=C(/C)CC/C=C(\C)CC/C=C(\C)CCC=C(C)C)O[C@@H]2CO)O[C@H](CO)[C@@H](O[C@@H]2O[C@H](CO[C@H]3O[C@H](CO)[C@@H](O)[C@H](O[C@H]4O[C@H](CO)[C@@H](O)[C@H](O)[C@@H]4O)[C@@H]3O)[C@@H](O)[C@H](O[C@H]3O[C@H](CO)[C@@H](O)[C@H](O)[C@@H]3O[C@H]3O[C@H](CO)[C@@H](O)[C@H](O)[C@@H]3O[C@H]3O[C@H](CO)[C@@H](O)[C@H](O)[C@@H]3O)[C@@H]2O)[C@@H]1O. The Balaban J connectivity index is 1.01. The van der Waals surface area contributed by atoms with Crippen LogP contribution < -0.4 is 10.6 Å². The van der Waals surface area contributed by atoms with Crippen molar-refractivity contribution in [2.24, 2.45) is 5.92 Å². The molecule has 0 aliphatic carbocycles. The number of ether oxygens (including phenoxy) is 15. The van der Waals surface area contributed by atoms with Crippen molar-refractivity contribution in [2.45, 2.75) is 359 Å². The lowest BCUT2D eigenvalue weighted by molar-refractivity contribution is -0.408. The summed E-state index contributed by atoms with van der Waals surface area (Å²) in [7, 11) is -11.4. The van der Waals surface area contributed by atoms with Crippen molar-refractivity contribution in [3.05, 3.63) is 46.6 Å². The van der Waals surface area contributed by atoms with Crippen LogP contribution in [-0.4, -0.2) is 444 Å². The number of carbonyl (C=O) groups excluding carboxylic acids is 2. The molecule has 0 aromatic rings. The Bertz CT molecular complexity index is 3610. The molecule has 8 aliphatic heterocycles. The van der Waals surface area contributed by atoms with E-state index < -0.39 is 332 Å². The molecule has 0 aromatic carbocycles. The second-order valence-electron chi connectivity index (χ2n) is 33.3. The van der Waals surface area contributed by atoms with Gasteiger partial charge in [-0.3, -0.25) is 18.6 Å². The van der Waals surface area contributed by atoms with Crippen molar-refractivity contribution in [1.29, 1.82) is 0 Å². The molecule has 0 saturated carbocycles. The summed E-state index contributed by atoms with van der Waals surface area (Å²) in [6.45, 7) is 4.56. The average molecular weight is 1900 g/mol. The van der Waals surface area contributed by atoms with Crippen molar-refractivity contribution in [2.75, 3.05) is 59.5 Å². The largest absolute Gasteiger partial charge is 0.483 e. The molecule has 8 saturated heterocycles. The summed E-state index contributed by atoms with van der Waals surface area (Å²) in [4.78, 5) is 47.7. The van der Waals surface area contributed by atoms with Gasteiger partial charge in [0, 0.05) is 13.8 Å². The molecule has 8 fully saturated rings. The highest BCUT2D eigenvalue weighted by molar-refractivity contribution is 7.61. The zero-order chi connectivity index (χ0) is 94.8. The Morgan fingerprint density at radius 1 is 0.336 bits per heavy atom. The van der Waals surface area contributed by atoms with Crippen LogP contribution in [0.2, 0.25) is 0 Å². The molecule has 49 nitrogen and oxygen atoms in total. The molecule has 0 bridgehead atoms. The van der Waals surface area contributed by atoms with Crippen LogP contribution in [0.1, 0.15) is 113 Å². The summed E-state index contributed by atoms with van der Waals surface area (Å²) < 4.78 is 130. The monoisotopic (exact) mass is 1900 g/mol. The minimum atomic E-state index is -5.91. The number of hydrogen-bond donors (Lipinski definition) is 27. The second-order valence-corrected chi connectivity index (χ2v) is 36.3. The van der Waals surface area contributed by atoms with Gasteiger partial charge >= 0.3 is 15.6 Å². The van der Waals surface area contributed by atoms with Crippen LogP contribution in [0.15, 0.2) is 46.6 Å². The fourth-order valence-electron chi connectivity index (χ4n) is 15.6. The highest BCUT2D eigenvalue weighted by atomic mass is 31.3. The number of aliphatic hydroxyl groups excluding tert-OH is 23. The van der Waals surface area contributed by atoms with Gasteiger partial charge in [-0.25, -0.2) is 9.13 Å². The first-order valence-electron chi connectivity index (χ1n) is 42.1. The Morgan fingerprint density at radius 2 is 0.664 bits per heavy atom. The topological polar surface area (TPSA) is 764 Å². The van der Waals surface area contributed by atoms with Gasteiger partial charge in [-0.2, -0.15) is 4.31 Å². The molecule has 0 radical (unpaired) electrons. The zero-order valence-electron chi connectivity index (χ0n) is 71.8. The summed E-state index contributed by atoms with van der Waals surface area (Å²) in [5, 5.41) is 260. The first-order chi connectivity index (χ1) is 60.4. The molecule has 51 heteroatoms. The first-order valence-corrected chi connectivity index (χ1v) is 45.1. The van der Waals surface area contributed by atoms with E-state index in [1.807, 2.05) is 13.8 Å². The van der Waals surface area contributed by atoms with Gasteiger partial charge in [0.15, 0.2) is 50.3 Å². The van der Waals surface area contributed by atoms with Crippen LogP contribution in [-0.2, 0) is 103 Å². The minimum Gasteiger partial charge on any atom is -0.394 e. The third-order valence-electron chi connectivity index (χ3n) is 23.0. The molecule has 0 spiro atoms. The maximum atomic E-state index is 13.6. The van der Waals surface area contributed by atoms with E-state index in [4.69, 9.17) is 80.1 Å². The van der Waals surface area contributed by atoms with Gasteiger partial charge in [-0.15, -0.1) is 0 Å². The molecular weight excluding hydrogens is 1770 g/mol. The molecule has 742 valence electrons. The number of phosphoric acid groups is 2. The predicted octanol–water partition coefficient (Wildman–Crippen LogP) is -8.95. The Labute approximate surface area is 736 Å². The van der Waals surface area contributed by atoms with E-state index in [-0.39, 0.29) is 12.3 Å². The van der Waals surface area contributed by atoms with E-state index in [0.717, 1.165) is 52.4 Å². The van der Waals surface area contributed by atoms with E-state index in [2.05, 4.69) is 66.9 Å². The maximum Gasteiger partial charge on any atom is 0.483 e. The number of hydrogen-bond acceptors (Lipinski definition) is 45. The van der Waals surface area contributed by atoms with Crippen molar-refractivity contribution in [3.63, 3.8) is 0 Å². The number of nitrogens with one attached hydrogen (secondary N) is 2. The zero-order valence-corrected chi connectivity index (χ0v) is 73.6. The molecule has 8 heterocycles. The van der Waals surface area contributed by atoms with Gasteiger partial charge in [0.1, 0.15) is 195 Å². The molecule has 2 amide bonds. The summed E-state index contributed by atoms with van der Waals surface area (Å²) >= 11 is 0. The molecular formula is C77H132N2O47P2. The Hall–Kier alpha value is -3.36. The van der Waals surface area contributed by atoms with Gasteiger partial charge in [0.25, 0.3) is 0 Å². The van der Waals surface area contributed by atoms with E-state index in [9.17, 15) is 146 Å². The Morgan fingerprint density at radius 3 is 1.11 bits per heavy atom. The molecule has 27 N–H and O–H groups in total. The quantitative estimate of drug-likeness (QED) is 0.0199. The molecule has 8 aliphatic rings. The number of allylic oxidation sites excluding steroid dienone is 8. The number of aliphatic hydroxyl groups is 23. The van der Waals surface area contributed by atoms with Crippen LogP contribution >= 0.6 is 15.6 Å². The third kappa shape index (κ3) is 29.1. The fraction of sp³-hybridized carbons (Fsp3) is 0.870. The normalized spacial score (nSPS) is 42.5. The summed E-state index contributed by atoms with van der Waals surface area (Å²) in [5.74, 6) is -2.11. The first kappa shape index (κ1) is 110. The van der Waals surface area contributed by atoms with Crippen LogP contribution in [0.4, 0.5) is 0 Å². The second kappa shape index (κ2) is 50.6. The van der Waals surface area contributed by atoms with Gasteiger partial charge in [0.05, 0.1) is 59.5 Å². The standard InChI is InChI=1S/C77H132N2O47P2/c1-31(2)13-9-14-32(3)15-10-16-33(4)17-11-18-34(5)19-12-20-35(6)21-22-110-127(105,106)126-128(107,108)125-71-47(79-37(8)88)55(96)64(44(29-86)117-71)119-70-46(78-36(7)87)54(95)65(43(28-85)116-70)120-75-63(104)67(53(94)45(118-75)30-109-72-62(103)66(52(93)42(27-84)111-72)121-73-60(101)56(97)48(89)38(23-80)112-73)122-76-69(59(100)51(92)40(25-82)114-76)124-77-68(58(99)50(91)41(26-83)115-77)123-74-61(102)57(98)49(90)39(24-81)113-74/h13,15,17,19,35,38-77,80-86,89-104H,9-12,14,16,18,20-30H2,1-8H3,(H,78,87)(H,79,88)(H,105,106)(H,107,108)/b32-15+,33-17+,34-19-/t35?,38-,39-,40-,41-,42-,43-,44-,45-,46-,47-,48-,49-,50-,51-,52-,53-,54-,55-,56+,57+,58+,59+,60+,61+,62+,63+,64-,65-,66+,67+,68+,69+,70+,71-,72+,73-,74-,75+,76-,77-/m1/s1. The number of rotatable bonds is 44. The highest BCUT2D eigenvalue weighted by Gasteiger charge is 2.61. The van der Waals surface area contributed by atoms with Gasteiger partial charge in [-0.1, -0.05) is 53.5 Å². The van der Waals surface area contributed by atoms with Crippen molar-refractivity contribution in [3.8, 4) is 0 Å². The van der Waals surface area contributed by atoms with Crippen LogP contribution in [0, 0.1) is 5.92 Å². The fourth-order valence-corrected chi connectivity index (χ4v) is 17.8. The van der Waals surface area contributed by atoms with Crippen molar-refractivity contribution >= 4 is 27.5 Å². The van der Waals surface area contributed by atoms with Crippen LogP contribution in [0.25, 0.3) is 0 Å². The smallest absolute Gasteiger partial charge is 0.394 e. The Kier molecular flexibility index (Phi) is 43.5. The van der Waals surface area contributed by atoms with Crippen molar-refractivity contribution < 1.29 is 230 Å². The lowest BCUT2D eigenvalue weighted by atomic mass is 9.94. The number of amides is 2. The van der Waals surface area contributed by atoms with Gasteiger partial charge in [0.2, 0.25) is 11.8 Å². The summed E-state index contributed by atoms with van der Waals surface area (Å²) in [5.41, 5.74) is 5.14. The van der Waals surface area contributed by atoms with Crippen LogP contribution in [0.5, 0.6) is 0 Å². The highest BCUT2D eigenvalue weighted by Crippen LogP contribution is 2.61. The average Bonchev–Trinajstić information content (AvgIpc) is 0.765. The van der Waals surface area contributed by atoms with E-state index >= 15 is 0 Å². The molecule has 3 unspecified atom stereocenters. The molecule has 128 heavy (non-hydrogen) atoms. The summed E-state index contributed by atoms with van der Waals surface area (Å²) in [6, 6.07) is -4.14. The minimum absolute atomic E-state index is 0.0935. The number of phosphoric ester groups is 2. The third-order valence-corrected chi connectivity index (χ3v) is 25.7. The summed E-state index contributed by atoms with van der Waals surface area (Å²) in [6.07, 6.45) is -66.3. The maximum absolute atomic E-state index is 13.6. The predicted molar refractivity (Wildman–Crippen MR) is 425 cm³/mol. The lowest BCUT2D eigenvalue weighted by Crippen LogP contribution is -2.70. The van der Waals surface area contributed by atoms with Crippen molar-refractivity contribution in [1.82, 2.24) is 10.6 Å². The van der Waals surface area contributed by atoms with Gasteiger partial charge in [-0.05, 0) is 98.3 Å². The van der Waals surface area contributed by atoms with E-state index in [1.165, 1.54) is 22.3 Å².